The molecule has 0 aliphatic carbocycles. The molecule has 1 amide bonds. The number of H-pyrrole nitrogens is 1. The number of nitrogens with one attached hydrogen (secondary N) is 1. The highest BCUT2D eigenvalue weighted by atomic mass is 16.4. The molecule has 1 aromatic carbocycles. The van der Waals surface area contributed by atoms with Crippen LogP contribution in [0.4, 0.5) is 4.79 Å². The molecule has 7 nitrogen and oxygen atoms in total. The number of hydrogen-bond donors (Lipinski definition) is 2. The van der Waals surface area contributed by atoms with Crippen LogP contribution in [0.5, 0.6) is 0 Å². The third kappa shape index (κ3) is 2.94. The van der Waals surface area contributed by atoms with Gasteiger partial charge in [0.25, 0.3) is 5.56 Å². The SMILES string of the molecule is CN(Cc1cccc(-n2ccc(=O)[nH]c2=O)c1)C(=O)O. The third-order valence-corrected chi connectivity index (χ3v) is 2.76. The van der Waals surface area contributed by atoms with E-state index in [-0.39, 0.29) is 6.54 Å². The number of benzene rings is 1. The van der Waals surface area contributed by atoms with Gasteiger partial charge in [0.2, 0.25) is 0 Å². The van der Waals surface area contributed by atoms with Crippen molar-refractivity contribution >= 4 is 6.09 Å². The van der Waals surface area contributed by atoms with E-state index in [4.69, 9.17) is 5.11 Å². The number of amides is 1. The summed E-state index contributed by atoms with van der Waals surface area (Å²) in [6.45, 7) is 0.210. The van der Waals surface area contributed by atoms with E-state index in [0.29, 0.717) is 5.69 Å². The second-order valence-corrected chi connectivity index (χ2v) is 4.29. The van der Waals surface area contributed by atoms with Crippen LogP contribution in [-0.4, -0.2) is 32.7 Å². The Morgan fingerprint density at radius 2 is 2.10 bits per heavy atom. The van der Waals surface area contributed by atoms with Gasteiger partial charge in [0.1, 0.15) is 0 Å². The van der Waals surface area contributed by atoms with Crippen molar-refractivity contribution in [3.05, 3.63) is 62.9 Å². The van der Waals surface area contributed by atoms with Crippen molar-refractivity contribution in [2.45, 2.75) is 6.54 Å². The summed E-state index contributed by atoms with van der Waals surface area (Å²) in [4.78, 5) is 36.8. The Kier molecular flexibility index (Phi) is 3.69. The predicted molar refractivity (Wildman–Crippen MR) is 72.2 cm³/mol. The van der Waals surface area contributed by atoms with Gasteiger partial charge in [-0.05, 0) is 17.7 Å². The van der Waals surface area contributed by atoms with Gasteiger partial charge < -0.3 is 10.0 Å². The van der Waals surface area contributed by atoms with E-state index in [1.54, 1.807) is 24.3 Å². The molecular formula is C13H13N3O4. The number of aromatic nitrogens is 2. The van der Waals surface area contributed by atoms with E-state index in [1.165, 1.54) is 23.9 Å². The molecule has 0 bridgehead atoms. The van der Waals surface area contributed by atoms with Crippen LogP contribution in [0.15, 0.2) is 46.1 Å². The molecule has 0 saturated heterocycles. The van der Waals surface area contributed by atoms with E-state index in [9.17, 15) is 14.4 Å². The lowest BCUT2D eigenvalue weighted by Gasteiger charge is -2.13. The van der Waals surface area contributed by atoms with Crippen molar-refractivity contribution in [3.63, 3.8) is 0 Å². The van der Waals surface area contributed by atoms with Crippen LogP contribution in [0.3, 0.4) is 0 Å². The van der Waals surface area contributed by atoms with E-state index in [2.05, 4.69) is 4.98 Å². The molecule has 0 fully saturated rings. The maximum Gasteiger partial charge on any atom is 0.407 e. The molecule has 0 radical (unpaired) electrons. The van der Waals surface area contributed by atoms with Crippen molar-refractivity contribution < 1.29 is 9.90 Å². The average Bonchev–Trinajstić information content (AvgIpc) is 2.38. The summed E-state index contributed by atoms with van der Waals surface area (Å²) in [5.41, 5.74) is 0.294. The van der Waals surface area contributed by atoms with Gasteiger partial charge in [0.05, 0.1) is 5.69 Å². The number of carbonyl (C=O) groups is 1. The molecule has 1 heterocycles. The standard InChI is InChI=1S/C13H13N3O4/c1-15(13(19)20)8-9-3-2-4-10(7-9)16-6-5-11(17)14-12(16)18/h2-7H,8H2,1H3,(H,19,20)(H,14,17,18). The minimum absolute atomic E-state index is 0.210. The molecule has 2 aromatic rings. The van der Waals surface area contributed by atoms with Crippen molar-refractivity contribution in [2.24, 2.45) is 0 Å². The van der Waals surface area contributed by atoms with Crippen LogP contribution < -0.4 is 11.2 Å². The zero-order valence-corrected chi connectivity index (χ0v) is 10.7. The molecular weight excluding hydrogens is 262 g/mol. The van der Waals surface area contributed by atoms with E-state index in [1.807, 2.05) is 0 Å². The summed E-state index contributed by atoms with van der Waals surface area (Å²) >= 11 is 0. The summed E-state index contributed by atoms with van der Waals surface area (Å²) in [6.07, 6.45) is 0.345. The summed E-state index contributed by atoms with van der Waals surface area (Å²) < 4.78 is 1.28. The third-order valence-electron chi connectivity index (χ3n) is 2.76. The van der Waals surface area contributed by atoms with Crippen LogP contribution in [0.2, 0.25) is 0 Å². The minimum Gasteiger partial charge on any atom is -0.465 e. The Morgan fingerprint density at radius 3 is 2.75 bits per heavy atom. The van der Waals surface area contributed by atoms with Gasteiger partial charge in [-0.25, -0.2) is 9.59 Å². The molecule has 0 aliphatic rings. The van der Waals surface area contributed by atoms with Crippen LogP contribution in [0.1, 0.15) is 5.56 Å². The van der Waals surface area contributed by atoms with Gasteiger partial charge in [0, 0.05) is 25.9 Å². The number of carboxylic acid groups (broad SMARTS) is 1. The Bertz CT molecular complexity index is 748. The number of nitrogens with zero attached hydrogens (tertiary/aromatic N) is 2. The molecule has 2 N–H and O–H groups in total. The number of hydrogen-bond acceptors (Lipinski definition) is 3. The first kappa shape index (κ1) is 13.6. The van der Waals surface area contributed by atoms with Crippen LogP contribution in [0, 0.1) is 0 Å². The fourth-order valence-corrected chi connectivity index (χ4v) is 1.77. The van der Waals surface area contributed by atoms with E-state index >= 15 is 0 Å². The summed E-state index contributed by atoms with van der Waals surface area (Å²) in [6, 6.07) is 8.12. The second-order valence-electron chi connectivity index (χ2n) is 4.29. The van der Waals surface area contributed by atoms with Crippen LogP contribution in [0.25, 0.3) is 5.69 Å². The van der Waals surface area contributed by atoms with Crippen LogP contribution >= 0.6 is 0 Å². The molecule has 0 spiro atoms. The molecule has 7 heteroatoms. The first-order valence-electron chi connectivity index (χ1n) is 5.83. The van der Waals surface area contributed by atoms with Crippen molar-refractivity contribution in [2.75, 3.05) is 7.05 Å². The second kappa shape index (κ2) is 5.43. The zero-order chi connectivity index (χ0) is 14.7. The van der Waals surface area contributed by atoms with E-state index in [0.717, 1.165) is 10.5 Å². The van der Waals surface area contributed by atoms with Gasteiger partial charge in [-0.1, -0.05) is 12.1 Å². The smallest absolute Gasteiger partial charge is 0.407 e. The highest BCUT2D eigenvalue weighted by Crippen LogP contribution is 2.10. The fraction of sp³-hybridized carbons (Fsp3) is 0.154. The quantitative estimate of drug-likeness (QED) is 0.859. The fourth-order valence-electron chi connectivity index (χ4n) is 1.77. The molecule has 0 aliphatic heterocycles. The topological polar surface area (TPSA) is 95.4 Å². The Labute approximate surface area is 113 Å². The first-order chi connectivity index (χ1) is 9.47. The molecule has 0 saturated carbocycles. The molecule has 0 unspecified atom stereocenters. The Hall–Kier alpha value is -2.83. The maximum absolute atomic E-state index is 11.7. The lowest BCUT2D eigenvalue weighted by atomic mass is 10.2. The monoisotopic (exact) mass is 275 g/mol. The lowest BCUT2D eigenvalue weighted by molar-refractivity contribution is 0.153. The molecule has 0 atom stereocenters. The number of aromatic amines is 1. The lowest BCUT2D eigenvalue weighted by Crippen LogP contribution is -2.27. The highest BCUT2D eigenvalue weighted by molar-refractivity contribution is 5.64. The van der Waals surface area contributed by atoms with Crippen molar-refractivity contribution in [1.29, 1.82) is 0 Å². The van der Waals surface area contributed by atoms with Gasteiger partial charge in [-0.2, -0.15) is 0 Å². The van der Waals surface area contributed by atoms with Crippen molar-refractivity contribution in [3.8, 4) is 5.69 Å². The van der Waals surface area contributed by atoms with Gasteiger partial charge in [-0.3, -0.25) is 14.3 Å². The van der Waals surface area contributed by atoms with Crippen LogP contribution in [-0.2, 0) is 6.54 Å². The Morgan fingerprint density at radius 1 is 1.35 bits per heavy atom. The molecule has 2 rings (SSSR count). The molecule has 1 aromatic heterocycles. The zero-order valence-electron chi connectivity index (χ0n) is 10.7. The molecule has 20 heavy (non-hydrogen) atoms. The van der Waals surface area contributed by atoms with Gasteiger partial charge >= 0.3 is 11.8 Å². The molecule has 104 valence electrons. The van der Waals surface area contributed by atoms with Gasteiger partial charge in [0.15, 0.2) is 0 Å². The maximum atomic E-state index is 11.7. The predicted octanol–water partition coefficient (Wildman–Crippen LogP) is 0.636. The Balaban J connectivity index is 2.37. The minimum atomic E-state index is -1.03. The summed E-state index contributed by atoms with van der Waals surface area (Å²) in [5.74, 6) is 0. The number of rotatable bonds is 3. The average molecular weight is 275 g/mol. The normalized spacial score (nSPS) is 10.2. The summed E-state index contributed by atoms with van der Waals surface area (Å²) in [5, 5.41) is 8.84. The van der Waals surface area contributed by atoms with Crippen molar-refractivity contribution in [1.82, 2.24) is 14.5 Å². The largest absolute Gasteiger partial charge is 0.465 e. The highest BCUT2D eigenvalue weighted by Gasteiger charge is 2.07. The first-order valence-corrected chi connectivity index (χ1v) is 5.83. The summed E-state index contributed by atoms with van der Waals surface area (Å²) in [7, 11) is 1.46. The van der Waals surface area contributed by atoms with Gasteiger partial charge in [-0.15, -0.1) is 0 Å². The van der Waals surface area contributed by atoms with E-state index < -0.39 is 17.3 Å².